The minimum absolute atomic E-state index is 0.779. The molecule has 0 atom stereocenters. The van der Waals surface area contributed by atoms with Crippen molar-refractivity contribution in [2.24, 2.45) is 0 Å². The first-order chi connectivity index (χ1) is 7.33. The van der Waals surface area contributed by atoms with Gasteiger partial charge in [-0.2, -0.15) is 0 Å². The maximum atomic E-state index is 5.84. The maximum absolute atomic E-state index is 5.84. The van der Waals surface area contributed by atoms with E-state index in [2.05, 4.69) is 19.1 Å². The van der Waals surface area contributed by atoms with E-state index >= 15 is 0 Å². The van der Waals surface area contributed by atoms with Crippen molar-refractivity contribution >= 4 is 26.6 Å². The van der Waals surface area contributed by atoms with Gasteiger partial charge in [-0.15, -0.1) is 0 Å². The van der Waals surface area contributed by atoms with Gasteiger partial charge in [-0.05, 0) is 0 Å². The van der Waals surface area contributed by atoms with Crippen LogP contribution in [0.3, 0.4) is 0 Å². The summed E-state index contributed by atoms with van der Waals surface area (Å²) in [7, 11) is 0. The van der Waals surface area contributed by atoms with Crippen molar-refractivity contribution in [2.75, 3.05) is 0 Å². The summed E-state index contributed by atoms with van der Waals surface area (Å²) >= 11 is 6.61. The topological polar surface area (TPSA) is 0 Å². The Morgan fingerprint density at radius 2 is 1.80 bits per heavy atom. The molecule has 0 bridgehead atoms. The van der Waals surface area contributed by atoms with Crippen molar-refractivity contribution in [1.82, 2.24) is 0 Å². The van der Waals surface area contributed by atoms with Crippen molar-refractivity contribution in [2.45, 2.75) is 43.2 Å². The Balaban J connectivity index is 2.07. The van der Waals surface area contributed by atoms with Gasteiger partial charge in [0.15, 0.2) is 0 Å². The summed E-state index contributed by atoms with van der Waals surface area (Å²) in [6.07, 6.45) is 5.57. The molecule has 0 unspecified atom stereocenters. The molecule has 15 heavy (non-hydrogen) atoms. The summed E-state index contributed by atoms with van der Waals surface area (Å²) < 4.78 is 0. The molecule has 0 aliphatic heterocycles. The van der Waals surface area contributed by atoms with Crippen LogP contribution >= 0.6 is 11.6 Å². The van der Waals surface area contributed by atoms with Crippen molar-refractivity contribution in [3.63, 3.8) is 0 Å². The molecule has 0 amide bonds. The predicted octanol–water partition coefficient (Wildman–Crippen LogP) is 4.54. The molecule has 0 heterocycles. The summed E-state index contributed by atoms with van der Waals surface area (Å²) in [5.41, 5.74) is 1.44. The van der Waals surface area contributed by atoms with Crippen LogP contribution in [0.15, 0.2) is 24.3 Å². The number of unbranched alkanes of at least 4 members (excludes halogenated alkanes) is 3. The van der Waals surface area contributed by atoms with Gasteiger partial charge in [0.05, 0.1) is 0 Å². The monoisotopic (exact) mass is 290 g/mol. The fourth-order valence-corrected chi connectivity index (χ4v) is 3.59. The van der Waals surface area contributed by atoms with Gasteiger partial charge in [-0.25, -0.2) is 0 Å². The van der Waals surface area contributed by atoms with Gasteiger partial charge in [0.2, 0.25) is 0 Å². The number of hydrogen-bond donors (Lipinski definition) is 0. The van der Waals surface area contributed by atoms with Gasteiger partial charge in [-0.1, -0.05) is 0 Å². The van der Waals surface area contributed by atoms with Crippen molar-refractivity contribution in [1.29, 1.82) is 0 Å². The van der Waals surface area contributed by atoms with E-state index in [4.69, 9.17) is 11.6 Å². The second-order valence-electron chi connectivity index (χ2n) is 3.74. The Morgan fingerprint density at radius 3 is 2.47 bits per heavy atom. The molecule has 1 aromatic rings. The Labute approximate surface area is 105 Å². The van der Waals surface area contributed by atoms with E-state index < -0.39 is 0 Å². The van der Waals surface area contributed by atoms with E-state index in [1.165, 1.54) is 41.9 Å². The number of rotatable bonds is 7. The molecule has 84 valence electrons. The Bertz CT molecular complexity index is 256. The van der Waals surface area contributed by atoms with E-state index in [1.807, 2.05) is 12.1 Å². The molecule has 0 N–H and O–H groups in total. The number of benzene rings is 1. The Hall–Kier alpha value is 0.0295. The number of halogens is 1. The van der Waals surface area contributed by atoms with Crippen molar-refractivity contribution in [3.05, 3.63) is 34.9 Å². The van der Waals surface area contributed by atoms with Crippen molar-refractivity contribution in [3.8, 4) is 0 Å². The first kappa shape index (κ1) is 13.1. The van der Waals surface area contributed by atoms with Crippen LogP contribution < -0.4 is 0 Å². The zero-order valence-electron chi connectivity index (χ0n) is 9.34. The first-order valence-electron chi connectivity index (χ1n) is 5.65. The summed E-state index contributed by atoms with van der Waals surface area (Å²) in [6.45, 7) is 2.26. The van der Waals surface area contributed by atoms with Crippen molar-refractivity contribution < 1.29 is 0 Å². The second-order valence-corrected chi connectivity index (χ2v) is 6.49. The molecular weight excluding hydrogens is 271 g/mol. The van der Waals surface area contributed by atoms with Crippen LogP contribution in [0.5, 0.6) is 0 Å². The Kier molecular flexibility index (Phi) is 7.17. The van der Waals surface area contributed by atoms with Crippen LogP contribution in [0, 0.1) is 0 Å². The van der Waals surface area contributed by atoms with E-state index in [9.17, 15) is 0 Å². The molecule has 0 fully saturated rings. The van der Waals surface area contributed by atoms with Gasteiger partial charge in [0.1, 0.15) is 0 Å². The molecule has 0 spiro atoms. The van der Waals surface area contributed by atoms with Gasteiger partial charge in [-0.3, -0.25) is 0 Å². The third-order valence-corrected chi connectivity index (χ3v) is 4.92. The normalized spacial score (nSPS) is 10.5. The van der Waals surface area contributed by atoms with Gasteiger partial charge >= 0.3 is 105 Å². The summed E-state index contributed by atoms with van der Waals surface area (Å²) in [5, 5.41) is 3.53. The van der Waals surface area contributed by atoms with Crippen LogP contribution in [0.25, 0.3) is 0 Å². The molecule has 0 nitrogen and oxygen atoms in total. The third kappa shape index (κ3) is 6.25. The fourth-order valence-electron chi connectivity index (χ4n) is 1.40. The zero-order valence-corrected chi connectivity index (χ0v) is 11.8. The molecule has 0 aliphatic rings. The molecular formula is C13H19ClSe. The summed E-state index contributed by atoms with van der Waals surface area (Å²) in [4.78, 5) is 0. The van der Waals surface area contributed by atoms with Crippen LogP contribution in [0.2, 0.25) is 10.3 Å². The first-order valence-corrected chi connectivity index (χ1v) is 8.45. The zero-order chi connectivity index (χ0) is 10.9. The minimum atomic E-state index is 0.779. The van der Waals surface area contributed by atoms with Gasteiger partial charge in [0.25, 0.3) is 0 Å². The van der Waals surface area contributed by atoms with Crippen LogP contribution in [-0.4, -0.2) is 15.0 Å². The quantitative estimate of drug-likeness (QED) is 0.510. The molecule has 0 aromatic heterocycles. The summed E-state index contributed by atoms with van der Waals surface area (Å²) in [5.74, 6) is 0. The molecule has 2 heteroatoms. The van der Waals surface area contributed by atoms with Crippen LogP contribution in [-0.2, 0) is 5.32 Å². The third-order valence-electron chi connectivity index (χ3n) is 2.32. The molecule has 0 saturated carbocycles. The van der Waals surface area contributed by atoms with Gasteiger partial charge < -0.3 is 0 Å². The Morgan fingerprint density at radius 1 is 1.07 bits per heavy atom. The predicted molar refractivity (Wildman–Crippen MR) is 69.9 cm³/mol. The molecule has 0 saturated heterocycles. The van der Waals surface area contributed by atoms with E-state index in [0.717, 1.165) is 20.0 Å². The second kappa shape index (κ2) is 8.21. The van der Waals surface area contributed by atoms with Gasteiger partial charge in [0, 0.05) is 0 Å². The standard InChI is InChI=1S/C13H19ClSe/c1-2-3-4-5-10-15-11-12-6-8-13(14)9-7-12/h6-9H,2-5,10-11H2,1H3. The van der Waals surface area contributed by atoms with Crippen LogP contribution in [0.1, 0.15) is 38.2 Å². The van der Waals surface area contributed by atoms with E-state index in [0.29, 0.717) is 0 Å². The van der Waals surface area contributed by atoms with Crippen LogP contribution in [0.4, 0.5) is 0 Å². The average molecular weight is 290 g/mol. The molecule has 1 aromatic carbocycles. The number of hydrogen-bond acceptors (Lipinski definition) is 0. The fraction of sp³-hybridized carbons (Fsp3) is 0.538. The molecule has 0 aliphatic carbocycles. The molecule has 1 rings (SSSR count). The SMILES string of the molecule is CCCCCC[Se]Cc1ccc(Cl)cc1. The molecule has 0 radical (unpaired) electrons. The summed E-state index contributed by atoms with van der Waals surface area (Å²) in [6, 6.07) is 8.28. The van der Waals surface area contributed by atoms with E-state index in [1.54, 1.807) is 0 Å². The average Bonchev–Trinajstić information content (AvgIpc) is 2.26. The van der Waals surface area contributed by atoms with E-state index in [-0.39, 0.29) is 0 Å².